The lowest BCUT2D eigenvalue weighted by Crippen LogP contribution is -2.36. The van der Waals surface area contributed by atoms with Crippen molar-refractivity contribution in [2.75, 3.05) is 0 Å². The first-order valence-corrected chi connectivity index (χ1v) is 11.6. The van der Waals surface area contributed by atoms with Crippen LogP contribution in [-0.2, 0) is 27.4 Å². The van der Waals surface area contributed by atoms with Crippen molar-refractivity contribution in [1.82, 2.24) is 9.78 Å². The van der Waals surface area contributed by atoms with E-state index in [1.807, 2.05) is 88.0 Å². The van der Waals surface area contributed by atoms with E-state index in [4.69, 9.17) is 9.47 Å². The topological polar surface area (TPSA) is 70.4 Å². The van der Waals surface area contributed by atoms with E-state index in [1.165, 1.54) is 11.8 Å². The van der Waals surface area contributed by atoms with Crippen LogP contribution in [0.15, 0.2) is 71.9 Å². The number of rotatable bonds is 8. The number of aromatic nitrogens is 2. The van der Waals surface area contributed by atoms with Crippen LogP contribution < -0.4 is 0 Å². The molecule has 0 atom stereocenters. The third kappa shape index (κ3) is 7.49. The number of hydrogen-bond donors (Lipinski definition) is 0. The summed E-state index contributed by atoms with van der Waals surface area (Å²) in [5, 5.41) is 4.33. The SMILES string of the molecule is CC(C)(C)OC(=O)C(C)(C)Sc1ccc(C(=O)OCc2cnn(Cc3ccccc3)c2)cc1. The van der Waals surface area contributed by atoms with Crippen LogP contribution in [0, 0.1) is 0 Å². The summed E-state index contributed by atoms with van der Waals surface area (Å²) >= 11 is 1.39. The Labute approximate surface area is 199 Å². The molecule has 3 aromatic rings. The van der Waals surface area contributed by atoms with E-state index < -0.39 is 16.3 Å². The zero-order valence-electron chi connectivity index (χ0n) is 19.7. The van der Waals surface area contributed by atoms with Crippen LogP contribution in [0.2, 0.25) is 0 Å². The van der Waals surface area contributed by atoms with Gasteiger partial charge in [0, 0.05) is 16.7 Å². The highest BCUT2D eigenvalue weighted by Gasteiger charge is 2.33. The van der Waals surface area contributed by atoms with Gasteiger partial charge in [0.2, 0.25) is 0 Å². The van der Waals surface area contributed by atoms with Gasteiger partial charge >= 0.3 is 11.9 Å². The van der Waals surface area contributed by atoms with Gasteiger partial charge in [0.15, 0.2) is 0 Å². The molecule has 0 amide bonds. The molecule has 0 spiro atoms. The largest absolute Gasteiger partial charge is 0.459 e. The minimum atomic E-state index is -0.755. The number of nitrogens with zero attached hydrogens (tertiary/aromatic N) is 2. The first kappa shape index (κ1) is 24.6. The van der Waals surface area contributed by atoms with Crippen molar-refractivity contribution < 1.29 is 19.1 Å². The zero-order chi connectivity index (χ0) is 24.1. The molecule has 174 valence electrons. The van der Waals surface area contributed by atoms with Gasteiger partial charge in [-0.2, -0.15) is 5.10 Å². The van der Waals surface area contributed by atoms with Crippen molar-refractivity contribution in [3.05, 3.63) is 83.7 Å². The first-order valence-electron chi connectivity index (χ1n) is 10.8. The van der Waals surface area contributed by atoms with Crippen LogP contribution >= 0.6 is 11.8 Å². The van der Waals surface area contributed by atoms with Gasteiger partial charge < -0.3 is 9.47 Å². The van der Waals surface area contributed by atoms with Crippen LogP contribution in [-0.4, -0.2) is 32.1 Å². The minimum Gasteiger partial charge on any atom is -0.459 e. The molecule has 1 aromatic heterocycles. The molecule has 0 aliphatic rings. The monoisotopic (exact) mass is 466 g/mol. The van der Waals surface area contributed by atoms with Crippen molar-refractivity contribution in [2.24, 2.45) is 0 Å². The molecule has 0 N–H and O–H groups in total. The van der Waals surface area contributed by atoms with E-state index in [2.05, 4.69) is 5.10 Å². The molecule has 0 saturated heterocycles. The summed E-state index contributed by atoms with van der Waals surface area (Å²) in [7, 11) is 0. The second-order valence-corrected chi connectivity index (χ2v) is 10.9. The fourth-order valence-corrected chi connectivity index (χ4v) is 3.95. The summed E-state index contributed by atoms with van der Waals surface area (Å²) in [6.45, 7) is 10.0. The van der Waals surface area contributed by atoms with Gasteiger partial charge in [-0.1, -0.05) is 30.3 Å². The summed E-state index contributed by atoms with van der Waals surface area (Å²) in [6, 6.07) is 17.1. The molecule has 0 aliphatic carbocycles. The molecule has 7 heteroatoms. The van der Waals surface area contributed by atoms with Gasteiger partial charge in [-0.3, -0.25) is 9.48 Å². The van der Waals surface area contributed by atoms with Gasteiger partial charge in [-0.25, -0.2) is 4.79 Å². The Morgan fingerprint density at radius 2 is 1.61 bits per heavy atom. The molecule has 3 rings (SSSR count). The molecular formula is C26H30N2O4S. The van der Waals surface area contributed by atoms with E-state index >= 15 is 0 Å². The minimum absolute atomic E-state index is 0.149. The Morgan fingerprint density at radius 3 is 2.24 bits per heavy atom. The highest BCUT2D eigenvalue weighted by atomic mass is 32.2. The maximum atomic E-state index is 12.5. The van der Waals surface area contributed by atoms with E-state index in [1.54, 1.807) is 18.3 Å². The summed E-state index contributed by atoms with van der Waals surface area (Å²) in [5.41, 5.74) is 1.88. The number of thioether (sulfide) groups is 1. The van der Waals surface area contributed by atoms with Gasteiger partial charge in [-0.05, 0) is 64.4 Å². The van der Waals surface area contributed by atoms with Gasteiger partial charge in [0.25, 0.3) is 0 Å². The molecule has 6 nitrogen and oxygen atoms in total. The Morgan fingerprint density at radius 1 is 0.939 bits per heavy atom. The molecular weight excluding hydrogens is 436 g/mol. The summed E-state index contributed by atoms with van der Waals surface area (Å²) in [6.07, 6.45) is 3.58. The lowest BCUT2D eigenvalue weighted by Gasteiger charge is -2.28. The lowest BCUT2D eigenvalue weighted by molar-refractivity contribution is -0.156. The predicted molar refractivity (Wildman–Crippen MR) is 129 cm³/mol. The molecule has 2 aromatic carbocycles. The maximum absolute atomic E-state index is 12.5. The second-order valence-electron chi connectivity index (χ2n) is 9.25. The van der Waals surface area contributed by atoms with Crippen molar-refractivity contribution in [3.63, 3.8) is 0 Å². The van der Waals surface area contributed by atoms with Crippen LogP contribution in [0.1, 0.15) is 56.1 Å². The predicted octanol–water partition coefficient (Wildman–Crippen LogP) is 5.50. The zero-order valence-corrected chi connectivity index (χ0v) is 20.5. The summed E-state index contributed by atoms with van der Waals surface area (Å²) in [4.78, 5) is 25.8. The van der Waals surface area contributed by atoms with Crippen LogP contribution in [0.3, 0.4) is 0 Å². The molecule has 0 bridgehead atoms. The van der Waals surface area contributed by atoms with Gasteiger partial charge in [0.1, 0.15) is 17.0 Å². The molecule has 0 saturated carbocycles. The van der Waals surface area contributed by atoms with Crippen molar-refractivity contribution in [2.45, 2.75) is 63.0 Å². The van der Waals surface area contributed by atoms with Crippen LogP contribution in [0.5, 0.6) is 0 Å². The quantitative estimate of drug-likeness (QED) is 0.322. The maximum Gasteiger partial charge on any atom is 0.338 e. The number of ether oxygens (including phenoxy) is 2. The highest BCUT2D eigenvalue weighted by Crippen LogP contribution is 2.34. The van der Waals surface area contributed by atoms with Crippen molar-refractivity contribution in [3.8, 4) is 0 Å². The number of benzene rings is 2. The molecule has 1 heterocycles. The van der Waals surface area contributed by atoms with Crippen LogP contribution in [0.25, 0.3) is 0 Å². The Balaban J connectivity index is 1.53. The fourth-order valence-electron chi connectivity index (χ4n) is 2.97. The standard InChI is InChI=1S/C26H30N2O4S/c1-25(2,3)32-24(30)26(4,5)33-22-13-11-21(12-14-22)23(29)31-18-20-15-27-28(17-20)16-19-9-7-6-8-10-19/h6-15,17H,16,18H2,1-5H3. The smallest absolute Gasteiger partial charge is 0.338 e. The molecule has 0 unspecified atom stereocenters. The summed E-state index contributed by atoms with van der Waals surface area (Å²) < 4.78 is 12.0. The van der Waals surface area contributed by atoms with E-state index in [0.717, 1.165) is 16.0 Å². The number of carbonyl (C=O) groups excluding carboxylic acids is 2. The average molecular weight is 467 g/mol. The van der Waals surface area contributed by atoms with Crippen molar-refractivity contribution in [1.29, 1.82) is 0 Å². The average Bonchev–Trinajstić information content (AvgIpc) is 3.19. The Hall–Kier alpha value is -3.06. The second kappa shape index (κ2) is 10.3. The molecule has 0 aliphatic heterocycles. The summed E-state index contributed by atoms with van der Waals surface area (Å²) in [5.74, 6) is -0.690. The third-order valence-electron chi connectivity index (χ3n) is 4.60. The Kier molecular flexibility index (Phi) is 7.64. The lowest BCUT2D eigenvalue weighted by atomic mass is 10.1. The van der Waals surface area contributed by atoms with E-state index in [9.17, 15) is 9.59 Å². The Bertz CT molecular complexity index is 1080. The van der Waals surface area contributed by atoms with E-state index in [-0.39, 0.29) is 12.6 Å². The van der Waals surface area contributed by atoms with Crippen molar-refractivity contribution >= 4 is 23.7 Å². The molecule has 33 heavy (non-hydrogen) atoms. The molecule has 0 radical (unpaired) electrons. The first-order chi connectivity index (χ1) is 15.5. The van der Waals surface area contributed by atoms with Crippen LogP contribution in [0.4, 0.5) is 0 Å². The van der Waals surface area contributed by atoms with Gasteiger partial charge in [-0.15, -0.1) is 11.8 Å². The fraction of sp³-hybridized carbons (Fsp3) is 0.346. The number of hydrogen-bond acceptors (Lipinski definition) is 6. The highest BCUT2D eigenvalue weighted by molar-refractivity contribution is 8.01. The normalized spacial score (nSPS) is 11.8. The number of carbonyl (C=O) groups is 2. The molecule has 0 fully saturated rings. The van der Waals surface area contributed by atoms with Gasteiger partial charge in [0.05, 0.1) is 18.3 Å². The number of esters is 2. The third-order valence-corrected chi connectivity index (χ3v) is 5.78. The van der Waals surface area contributed by atoms with E-state index in [0.29, 0.717) is 12.1 Å².